The van der Waals surface area contributed by atoms with Gasteiger partial charge in [-0.05, 0) is 32.5 Å². The van der Waals surface area contributed by atoms with Crippen LogP contribution in [0.15, 0.2) is 0 Å². The van der Waals surface area contributed by atoms with Crippen molar-refractivity contribution in [3.8, 4) is 0 Å². The predicted octanol–water partition coefficient (Wildman–Crippen LogP) is 1.86. The second-order valence-electron chi connectivity index (χ2n) is 3.96. The molecule has 1 N–H and O–H groups in total. The average molecular weight is 184 g/mol. The minimum atomic E-state index is 1.10. The summed E-state index contributed by atoms with van der Waals surface area (Å²) in [7, 11) is 0. The Morgan fingerprint density at radius 2 is 1.62 bits per heavy atom. The molecule has 78 valence electrons. The summed E-state index contributed by atoms with van der Waals surface area (Å²) < 4.78 is 0. The van der Waals surface area contributed by atoms with Gasteiger partial charge in [-0.2, -0.15) is 0 Å². The molecule has 1 rings (SSSR count). The number of likely N-dealkylation sites (tertiary alicyclic amines) is 1. The van der Waals surface area contributed by atoms with Crippen molar-refractivity contribution in [3.05, 3.63) is 0 Å². The summed E-state index contributed by atoms with van der Waals surface area (Å²) in [5, 5.41) is 3.39. The standard InChI is InChI=1S/C11H24N2/c1-2-12-8-11-13-9-6-4-3-5-7-10-13/h12H,2-11H2,1H3. The van der Waals surface area contributed by atoms with Gasteiger partial charge in [0.25, 0.3) is 0 Å². The highest BCUT2D eigenvalue weighted by atomic mass is 15.1. The molecule has 0 aromatic heterocycles. The van der Waals surface area contributed by atoms with E-state index in [-0.39, 0.29) is 0 Å². The third kappa shape index (κ3) is 5.27. The predicted molar refractivity (Wildman–Crippen MR) is 58.1 cm³/mol. The van der Waals surface area contributed by atoms with E-state index in [0.717, 1.165) is 13.1 Å². The highest BCUT2D eigenvalue weighted by Crippen LogP contribution is 2.09. The van der Waals surface area contributed by atoms with Gasteiger partial charge in [-0.25, -0.2) is 0 Å². The van der Waals surface area contributed by atoms with Gasteiger partial charge in [-0.3, -0.25) is 0 Å². The minimum absolute atomic E-state index is 1.10. The topological polar surface area (TPSA) is 15.3 Å². The van der Waals surface area contributed by atoms with Crippen molar-refractivity contribution in [2.45, 2.75) is 39.0 Å². The van der Waals surface area contributed by atoms with E-state index in [1.807, 2.05) is 0 Å². The van der Waals surface area contributed by atoms with Crippen LogP contribution in [0.2, 0.25) is 0 Å². The molecule has 0 unspecified atom stereocenters. The third-order valence-corrected chi connectivity index (χ3v) is 2.80. The van der Waals surface area contributed by atoms with Gasteiger partial charge in [-0.15, -0.1) is 0 Å². The van der Waals surface area contributed by atoms with Crippen molar-refractivity contribution < 1.29 is 0 Å². The van der Waals surface area contributed by atoms with Gasteiger partial charge in [0.15, 0.2) is 0 Å². The Bertz CT molecular complexity index is 107. The number of nitrogens with one attached hydrogen (secondary N) is 1. The average Bonchev–Trinajstić information content (AvgIpc) is 2.08. The van der Waals surface area contributed by atoms with E-state index in [2.05, 4.69) is 17.1 Å². The lowest BCUT2D eigenvalue weighted by atomic mass is 10.1. The van der Waals surface area contributed by atoms with E-state index >= 15 is 0 Å². The normalized spacial score (nSPS) is 21.0. The molecule has 0 atom stereocenters. The van der Waals surface area contributed by atoms with Crippen molar-refractivity contribution in [1.82, 2.24) is 10.2 Å². The Hall–Kier alpha value is -0.0800. The fourth-order valence-electron chi connectivity index (χ4n) is 1.95. The van der Waals surface area contributed by atoms with Crippen LogP contribution in [0.1, 0.15) is 39.0 Å². The first-order valence-corrected chi connectivity index (χ1v) is 5.86. The maximum Gasteiger partial charge on any atom is 0.0107 e. The molecular weight excluding hydrogens is 160 g/mol. The van der Waals surface area contributed by atoms with E-state index in [9.17, 15) is 0 Å². The van der Waals surface area contributed by atoms with E-state index in [1.165, 1.54) is 51.7 Å². The summed E-state index contributed by atoms with van der Waals surface area (Å²) in [4.78, 5) is 2.61. The molecule has 0 amide bonds. The van der Waals surface area contributed by atoms with Gasteiger partial charge < -0.3 is 10.2 Å². The van der Waals surface area contributed by atoms with Crippen LogP contribution in [0, 0.1) is 0 Å². The molecule has 0 aliphatic carbocycles. The maximum absolute atomic E-state index is 3.39. The first kappa shape index (κ1) is 11.0. The maximum atomic E-state index is 3.39. The van der Waals surface area contributed by atoms with E-state index in [1.54, 1.807) is 0 Å². The van der Waals surface area contributed by atoms with Crippen molar-refractivity contribution in [1.29, 1.82) is 0 Å². The number of likely N-dealkylation sites (N-methyl/N-ethyl adjacent to an activating group) is 1. The lowest BCUT2D eigenvalue weighted by Gasteiger charge is -2.24. The lowest BCUT2D eigenvalue weighted by Crippen LogP contribution is -2.34. The van der Waals surface area contributed by atoms with Gasteiger partial charge in [0.2, 0.25) is 0 Å². The molecular formula is C11H24N2. The largest absolute Gasteiger partial charge is 0.316 e. The molecule has 0 aromatic carbocycles. The Balaban J connectivity index is 2.06. The molecule has 1 saturated heterocycles. The molecule has 2 heteroatoms. The van der Waals surface area contributed by atoms with Crippen LogP contribution in [0.25, 0.3) is 0 Å². The Morgan fingerprint density at radius 3 is 2.23 bits per heavy atom. The molecule has 1 heterocycles. The zero-order chi connectivity index (χ0) is 9.36. The molecule has 0 bridgehead atoms. The van der Waals surface area contributed by atoms with Gasteiger partial charge in [0.1, 0.15) is 0 Å². The number of hydrogen-bond donors (Lipinski definition) is 1. The zero-order valence-corrected chi connectivity index (χ0v) is 9.02. The van der Waals surface area contributed by atoms with Crippen molar-refractivity contribution in [2.24, 2.45) is 0 Å². The monoisotopic (exact) mass is 184 g/mol. The molecule has 13 heavy (non-hydrogen) atoms. The second-order valence-corrected chi connectivity index (χ2v) is 3.96. The summed E-state index contributed by atoms with van der Waals surface area (Å²) in [6, 6.07) is 0. The quantitative estimate of drug-likeness (QED) is 0.671. The fourth-order valence-corrected chi connectivity index (χ4v) is 1.95. The zero-order valence-electron chi connectivity index (χ0n) is 9.02. The van der Waals surface area contributed by atoms with E-state index in [0.29, 0.717) is 0 Å². The van der Waals surface area contributed by atoms with Gasteiger partial charge >= 0.3 is 0 Å². The van der Waals surface area contributed by atoms with Crippen LogP contribution in [0.3, 0.4) is 0 Å². The molecule has 2 nitrogen and oxygen atoms in total. The highest BCUT2D eigenvalue weighted by Gasteiger charge is 2.06. The van der Waals surface area contributed by atoms with Crippen molar-refractivity contribution in [3.63, 3.8) is 0 Å². The summed E-state index contributed by atoms with van der Waals surface area (Å²) in [6.07, 6.45) is 7.16. The molecule has 0 spiro atoms. The number of nitrogens with zero attached hydrogens (tertiary/aromatic N) is 1. The van der Waals surface area contributed by atoms with Gasteiger partial charge in [-0.1, -0.05) is 26.2 Å². The van der Waals surface area contributed by atoms with E-state index < -0.39 is 0 Å². The SMILES string of the molecule is CCNCCN1CCCCCCC1. The van der Waals surface area contributed by atoms with Crippen LogP contribution in [-0.2, 0) is 0 Å². The molecule has 1 fully saturated rings. The fraction of sp³-hybridized carbons (Fsp3) is 1.00. The number of rotatable bonds is 4. The first-order chi connectivity index (χ1) is 6.43. The van der Waals surface area contributed by atoms with Gasteiger partial charge in [0, 0.05) is 13.1 Å². The Morgan fingerprint density at radius 1 is 1.00 bits per heavy atom. The Labute approximate surface area is 82.7 Å². The number of hydrogen-bond acceptors (Lipinski definition) is 2. The first-order valence-electron chi connectivity index (χ1n) is 5.86. The third-order valence-electron chi connectivity index (χ3n) is 2.80. The van der Waals surface area contributed by atoms with Crippen LogP contribution >= 0.6 is 0 Å². The van der Waals surface area contributed by atoms with Crippen LogP contribution < -0.4 is 5.32 Å². The molecule has 1 aliphatic rings. The smallest absolute Gasteiger partial charge is 0.0107 e. The molecule has 0 radical (unpaired) electrons. The molecule has 0 saturated carbocycles. The van der Waals surface area contributed by atoms with Crippen LogP contribution in [-0.4, -0.2) is 37.6 Å². The highest BCUT2D eigenvalue weighted by molar-refractivity contribution is 4.63. The summed E-state index contributed by atoms with van der Waals surface area (Å²) in [5.41, 5.74) is 0. The summed E-state index contributed by atoms with van der Waals surface area (Å²) >= 11 is 0. The summed E-state index contributed by atoms with van der Waals surface area (Å²) in [5.74, 6) is 0. The van der Waals surface area contributed by atoms with Crippen LogP contribution in [0.5, 0.6) is 0 Å². The van der Waals surface area contributed by atoms with Crippen molar-refractivity contribution >= 4 is 0 Å². The lowest BCUT2D eigenvalue weighted by molar-refractivity contribution is 0.248. The summed E-state index contributed by atoms with van der Waals surface area (Å²) in [6.45, 7) is 8.34. The minimum Gasteiger partial charge on any atom is -0.316 e. The van der Waals surface area contributed by atoms with Gasteiger partial charge in [0.05, 0.1) is 0 Å². The van der Waals surface area contributed by atoms with E-state index in [4.69, 9.17) is 0 Å². The Kier molecular flexibility index (Phi) is 6.21. The van der Waals surface area contributed by atoms with Crippen molar-refractivity contribution in [2.75, 3.05) is 32.7 Å². The second kappa shape index (κ2) is 7.34. The molecule has 1 aliphatic heterocycles. The van der Waals surface area contributed by atoms with Crippen LogP contribution in [0.4, 0.5) is 0 Å². The molecule has 0 aromatic rings.